The van der Waals surface area contributed by atoms with Gasteiger partial charge in [0.2, 0.25) is 0 Å². The van der Waals surface area contributed by atoms with E-state index in [2.05, 4.69) is 33.1 Å². The second kappa shape index (κ2) is 5.73. The molecule has 0 aliphatic carbocycles. The summed E-state index contributed by atoms with van der Waals surface area (Å²) in [6, 6.07) is 3.88. The van der Waals surface area contributed by atoms with E-state index in [1.54, 1.807) is 0 Å². The van der Waals surface area contributed by atoms with Gasteiger partial charge in [0.1, 0.15) is 0 Å². The Bertz CT molecular complexity index is 463. The number of fused-ring (bicyclic) bond motifs is 2. The smallest absolute Gasteiger partial charge is 0.0492 e. The Hall–Kier alpha value is -0.870. The molecule has 0 saturated carbocycles. The van der Waals surface area contributed by atoms with Crippen LogP contribution >= 0.6 is 0 Å². The first-order valence-corrected chi connectivity index (χ1v) is 8.75. The first-order chi connectivity index (χ1) is 10.3. The molecule has 3 saturated heterocycles. The number of nitrogens with one attached hydrogen (secondary N) is 1. The highest BCUT2D eigenvalue weighted by molar-refractivity contribution is 5.13. The molecule has 3 aliphatic rings. The van der Waals surface area contributed by atoms with Gasteiger partial charge in [0, 0.05) is 43.5 Å². The van der Waals surface area contributed by atoms with Crippen LogP contribution in [0.5, 0.6) is 0 Å². The standard InChI is InChI=1S/C17H28N4/c1-20-17(6-8-19-20)14-9-15-4-5-16(10-14)21(15)12-13-3-2-7-18-11-13/h6,8,13-16,18H,2-5,7,9-12H2,1H3. The number of nitrogens with zero attached hydrogens (tertiary/aromatic N) is 3. The molecule has 2 bridgehead atoms. The minimum atomic E-state index is 0.732. The van der Waals surface area contributed by atoms with Crippen LogP contribution in [-0.2, 0) is 7.05 Å². The Morgan fingerprint density at radius 3 is 2.67 bits per heavy atom. The van der Waals surface area contributed by atoms with Crippen molar-refractivity contribution in [3.63, 3.8) is 0 Å². The summed E-state index contributed by atoms with van der Waals surface area (Å²) in [7, 11) is 2.09. The Labute approximate surface area is 127 Å². The highest BCUT2D eigenvalue weighted by atomic mass is 15.3. The number of aryl methyl sites for hydroxylation is 1. The molecule has 4 heteroatoms. The van der Waals surface area contributed by atoms with Crippen LogP contribution in [0.25, 0.3) is 0 Å². The van der Waals surface area contributed by atoms with Crippen molar-refractivity contribution in [1.82, 2.24) is 20.0 Å². The van der Waals surface area contributed by atoms with Crippen molar-refractivity contribution < 1.29 is 0 Å². The van der Waals surface area contributed by atoms with E-state index in [1.807, 2.05) is 6.20 Å². The molecule has 4 heterocycles. The van der Waals surface area contributed by atoms with E-state index in [0.717, 1.165) is 23.9 Å². The second-order valence-corrected chi connectivity index (χ2v) is 7.34. The average molecular weight is 288 g/mol. The third kappa shape index (κ3) is 2.64. The fraction of sp³-hybridized carbons (Fsp3) is 0.824. The Balaban J connectivity index is 1.43. The third-order valence-corrected chi connectivity index (χ3v) is 6.03. The van der Waals surface area contributed by atoms with Gasteiger partial charge in [-0.2, -0.15) is 5.10 Å². The fourth-order valence-corrected chi connectivity index (χ4v) is 4.98. The first-order valence-electron chi connectivity index (χ1n) is 8.75. The Morgan fingerprint density at radius 1 is 1.24 bits per heavy atom. The summed E-state index contributed by atoms with van der Waals surface area (Å²) in [5.74, 6) is 1.62. The molecular weight excluding hydrogens is 260 g/mol. The predicted octanol–water partition coefficient (Wildman–Crippen LogP) is 2.13. The van der Waals surface area contributed by atoms with Crippen molar-refractivity contribution in [2.45, 2.75) is 56.5 Å². The van der Waals surface area contributed by atoms with Crippen LogP contribution in [-0.4, -0.2) is 46.4 Å². The molecule has 3 atom stereocenters. The van der Waals surface area contributed by atoms with E-state index in [9.17, 15) is 0 Å². The van der Waals surface area contributed by atoms with Gasteiger partial charge in [0.25, 0.3) is 0 Å². The lowest BCUT2D eigenvalue weighted by Crippen LogP contribution is -2.47. The molecule has 0 amide bonds. The van der Waals surface area contributed by atoms with Crippen LogP contribution in [0.4, 0.5) is 0 Å². The molecule has 3 unspecified atom stereocenters. The zero-order valence-electron chi connectivity index (χ0n) is 13.2. The summed E-state index contributed by atoms with van der Waals surface area (Å²) >= 11 is 0. The molecule has 0 aromatic carbocycles. The van der Waals surface area contributed by atoms with Crippen LogP contribution < -0.4 is 5.32 Å². The normalized spacial score (nSPS) is 37.0. The van der Waals surface area contributed by atoms with Crippen molar-refractivity contribution in [2.75, 3.05) is 19.6 Å². The van der Waals surface area contributed by atoms with E-state index in [0.29, 0.717) is 0 Å². The maximum absolute atomic E-state index is 4.37. The number of hydrogen-bond donors (Lipinski definition) is 1. The topological polar surface area (TPSA) is 33.1 Å². The molecule has 116 valence electrons. The molecule has 0 spiro atoms. The lowest BCUT2D eigenvalue weighted by atomic mass is 9.87. The van der Waals surface area contributed by atoms with Crippen molar-refractivity contribution in [3.8, 4) is 0 Å². The van der Waals surface area contributed by atoms with E-state index in [4.69, 9.17) is 0 Å². The lowest BCUT2D eigenvalue weighted by molar-refractivity contribution is 0.0971. The van der Waals surface area contributed by atoms with Crippen molar-refractivity contribution in [1.29, 1.82) is 0 Å². The molecule has 4 rings (SSSR count). The summed E-state index contributed by atoms with van der Waals surface area (Å²) in [4.78, 5) is 2.87. The predicted molar refractivity (Wildman–Crippen MR) is 84.3 cm³/mol. The second-order valence-electron chi connectivity index (χ2n) is 7.34. The zero-order chi connectivity index (χ0) is 14.2. The Morgan fingerprint density at radius 2 is 2.05 bits per heavy atom. The van der Waals surface area contributed by atoms with Gasteiger partial charge in [-0.25, -0.2) is 0 Å². The average Bonchev–Trinajstić information content (AvgIpc) is 3.01. The monoisotopic (exact) mass is 288 g/mol. The highest BCUT2D eigenvalue weighted by Gasteiger charge is 2.42. The number of hydrogen-bond acceptors (Lipinski definition) is 3. The van der Waals surface area contributed by atoms with Gasteiger partial charge in [-0.3, -0.25) is 9.58 Å². The van der Waals surface area contributed by atoms with E-state index in [-0.39, 0.29) is 0 Å². The zero-order valence-corrected chi connectivity index (χ0v) is 13.2. The molecule has 0 radical (unpaired) electrons. The minimum absolute atomic E-state index is 0.732. The van der Waals surface area contributed by atoms with Crippen LogP contribution in [0.1, 0.15) is 50.1 Å². The largest absolute Gasteiger partial charge is 0.316 e. The van der Waals surface area contributed by atoms with Gasteiger partial charge in [0.15, 0.2) is 0 Å². The number of piperidine rings is 2. The molecule has 4 nitrogen and oxygen atoms in total. The summed E-state index contributed by atoms with van der Waals surface area (Å²) < 4.78 is 2.09. The van der Waals surface area contributed by atoms with E-state index in [1.165, 1.54) is 63.9 Å². The summed E-state index contributed by atoms with van der Waals surface area (Å²) in [6.07, 6.45) is 10.3. The molecule has 1 aromatic rings. The van der Waals surface area contributed by atoms with Crippen molar-refractivity contribution in [2.24, 2.45) is 13.0 Å². The Kier molecular flexibility index (Phi) is 3.76. The molecule has 21 heavy (non-hydrogen) atoms. The molecule has 3 fully saturated rings. The molecule has 1 N–H and O–H groups in total. The maximum atomic E-state index is 4.37. The van der Waals surface area contributed by atoms with Crippen molar-refractivity contribution >= 4 is 0 Å². The van der Waals surface area contributed by atoms with E-state index < -0.39 is 0 Å². The summed E-state index contributed by atoms with van der Waals surface area (Å²) in [5, 5.41) is 7.94. The SMILES string of the molecule is Cn1nccc1C1CC2CCC(C1)N2CC1CCCNC1. The number of rotatable bonds is 3. The van der Waals surface area contributed by atoms with E-state index >= 15 is 0 Å². The van der Waals surface area contributed by atoms with Gasteiger partial charge in [-0.05, 0) is 63.6 Å². The minimum Gasteiger partial charge on any atom is -0.316 e. The summed E-state index contributed by atoms with van der Waals surface area (Å²) in [6.45, 7) is 3.80. The fourth-order valence-electron chi connectivity index (χ4n) is 4.98. The third-order valence-electron chi connectivity index (χ3n) is 6.03. The first kappa shape index (κ1) is 13.8. The highest BCUT2D eigenvalue weighted by Crippen LogP contribution is 2.43. The molecule has 1 aromatic heterocycles. The quantitative estimate of drug-likeness (QED) is 0.925. The van der Waals surface area contributed by atoms with Crippen LogP contribution in [0.15, 0.2) is 12.3 Å². The maximum Gasteiger partial charge on any atom is 0.0492 e. The van der Waals surface area contributed by atoms with Gasteiger partial charge in [-0.15, -0.1) is 0 Å². The molecular formula is C17H28N4. The van der Waals surface area contributed by atoms with Crippen LogP contribution in [0.2, 0.25) is 0 Å². The number of aromatic nitrogens is 2. The van der Waals surface area contributed by atoms with Gasteiger partial charge < -0.3 is 5.32 Å². The van der Waals surface area contributed by atoms with Gasteiger partial charge in [0.05, 0.1) is 0 Å². The van der Waals surface area contributed by atoms with Gasteiger partial charge >= 0.3 is 0 Å². The van der Waals surface area contributed by atoms with Gasteiger partial charge in [-0.1, -0.05) is 0 Å². The molecule has 3 aliphatic heterocycles. The lowest BCUT2D eigenvalue weighted by Gasteiger charge is -2.41. The van der Waals surface area contributed by atoms with Crippen LogP contribution in [0.3, 0.4) is 0 Å². The summed E-state index contributed by atoms with van der Waals surface area (Å²) in [5.41, 5.74) is 1.45. The van der Waals surface area contributed by atoms with Crippen LogP contribution in [0, 0.1) is 5.92 Å². The van der Waals surface area contributed by atoms with Crippen molar-refractivity contribution in [3.05, 3.63) is 18.0 Å².